The molecule has 4 nitrogen and oxygen atoms in total. The van der Waals surface area contributed by atoms with Crippen LogP contribution in [0.25, 0.3) is 5.57 Å². The van der Waals surface area contributed by atoms with E-state index in [1.54, 1.807) is 0 Å². The molecule has 1 aromatic heterocycles. The normalized spacial score (nSPS) is 11.8. The molecule has 8 heteroatoms. The van der Waals surface area contributed by atoms with Crippen LogP contribution in [-0.4, -0.2) is 16.5 Å². The monoisotopic (exact) mass is 324 g/mol. The second-order valence-corrected chi connectivity index (χ2v) is 3.58. The molecule has 0 aliphatic rings. The largest absolute Gasteiger partial charge is 0.573 e. The zero-order chi connectivity index (χ0) is 13.8. The maximum atomic E-state index is 11.8. The highest BCUT2D eigenvalue weighted by atomic mass is 79.9. The summed E-state index contributed by atoms with van der Waals surface area (Å²) in [4.78, 5) is 3.91. The maximum absolute atomic E-state index is 11.8. The van der Waals surface area contributed by atoms with Crippen LogP contribution in [0, 0.1) is 0 Å². The van der Waals surface area contributed by atoms with Crippen LogP contribution in [0.5, 0.6) is 0 Å². The number of hydrogen-bond donors (Lipinski definition) is 0. The summed E-state index contributed by atoms with van der Waals surface area (Å²) in [6.45, 7) is 6.66. The molecule has 0 atom stereocenters. The number of hydrogen-bond acceptors (Lipinski definition) is 4. The Labute approximate surface area is 109 Å². The van der Waals surface area contributed by atoms with E-state index in [9.17, 15) is 13.2 Å². The van der Waals surface area contributed by atoms with Gasteiger partial charge in [-0.3, -0.25) is 0 Å². The van der Waals surface area contributed by atoms with E-state index in [4.69, 9.17) is 4.52 Å². The maximum Gasteiger partial charge on any atom is 0.573 e. The second-order valence-electron chi connectivity index (χ2n) is 3.02. The van der Waals surface area contributed by atoms with Gasteiger partial charge in [-0.2, -0.15) is 4.98 Å². The lowest BCUT2D eigenvalue weighted by atomic mass is 10.2. The molecular weight excluding hydrogens is 317 g/mol. The highest BCUT2D eigenvalue weighted by molar-refractivity contribution is 9.08. The molecule has 0 amide bonds. The van der Waals surface area contributed by atoms with Crippen LogP contribution in [0.1, 0.15) is 11.7 Å². The quantitative estimate of drug-likeness (QED) is 0.472. The standard InChI is InChI=1S/C10H8BrF3N2O2/c1-6(9-15-8(5-11)18-16-9)3-4-7(2)17-10(12,13)14/h3-4H,1-2,5H2/b4-3-. The molecule has 0 saturated carbocycles. The van der Waals surface area contributed by atoms with E-state index in [1.165, 1.54) is 6.08 Å². The fourth-order valence-electron chi connectivity index (χ4n) is 0.890. The lowest BCUT2D eigenvalue weighted by Gasteiger charge is -2.07. The van der Waals surface area contributed by atoms with Crippen molar-refractivity contribution in [3.63, 3.8) is 0 Å². The number of nitrogens with zero attached hydrogens (tertiary/aromatic N) is 2. The summed E-state index contributed by atoms with van der Waals surface area (Å²) in [6.07, 6.45) is -2.51. The van der Waals surface area contributed by atoms with Gasteiger partial charge < -0.3 is 9.26 Å². The van der Waals surface area contributed by atoms with E-state index in [2.05, 4.69) is 44.0 Å². The van der Waals surface area contributed by atoms with Crippen molar-refractivity contribution in [1.29, 1.82) is 0 Å². The highest BCUT2D eigenvalue weighted by Crippen LogP contribution is 2.21. The SMILES string of the molecule is C=C(/C=C\C(=C)c1noc(CBr)n1)OC(F)(F)F. The predicted molar refractivity (Wildman–Crippen MR) is 61.4 cm³/mol. The zero-order valence-electron chi connectivity index (χ0n) is 9.00. The van der Waals surface area contributed by atoms with Gasteiger partial charge in [-0.1, -0.05) is 34.2 Å². The minimum atomic E-state index is -4.77. The lowest BCUT2D eigenvalue weighted by Crippen LogP contribution is -2.11. The van der Waals surface area contributed by atoms with Crippen LogP contribution in [0.3, 0.4) is 0 Å². The van der Waals surface area contributed by atoms with E-state index in [0.717, 1.165) is 6.08 Å². The second kappa shape index (κ2) is 5.85. The Kier molecular flexibility index (Phi) is 4.71. The van der Waals surface area contributed by atoms with Crippen LogP contribution >= 0.6 is 15.9 Å². The van der Waals surface area contributed by atoms with Gasteiger partial charge in [0.05, 0.1) is 5.33 Å². The fraction of sp³-hybridized carbons (Fsp3) is 0.200. The highest BCUT2D eigenvalue weighted by Gasteiger charge is 2.30. The van der Waals surface area contributed by atoms with Gasteiger partial charge in [-0.05, 0) is 12.2 Å². The van der Waals surface area contributed by atoms with Crippen molar-refractivity contribution in [3.8, 4) is 0 Å². The van der Waals surface area contributed by atoms with Gasteiger partial charge in [0.2, 0.25) is 11.7 Å². The number of allylic oxidation sites excluding steroid dienone is 3. The molecule has 0 unspecified atom stereocenters. The molecule has 98 valence electrons. The van der Waals surface area contributed by atoms with E-state index in [0.29, 0.717) is 11.2 Å². The summed E-state index contributed by atoms with van der Waals surface area (Å²) < 4.78 is 43.8. The molecule has 0 aromatic carbocycles. The van der Waals surface area contributed by atoms with Crippen LogP contribution < -0.4 is 0 Å². The van der Waals surface area contributed by atoms with Crippen LogP contribution in [0.4, 0.5) is 13.2 Å². The van der Waals surface area contributed by atoms with Gasteiger partial charge in [-0.15, -0.1) is 13.2 Å². The van der Waals surface area contributed by atoms with Crippen molar-refractivity contribution in [2.24, 2.45) is 0 Å². The van der Waals surface area contributed by atoms with Gasteiger partial charge in [0.15, 0.2) is 0 Å². The zero-order valence-corrected chi connectivity index (χ0v) is 10.6. The Morgan fingerprint density at radius 1 is 1.39 bits per heavy atom. The summed E-state index contributed by atoms with van der Waals surface area (Å²) in [5.74, 6) is -0.0433. The summed E-state index contributed by atoms with van der Waals surface area (Å²) in [7, 11) is 0. The molecule has 1 aromatic rings. The molecule has 18 heavy (non-hydrogen) atoms. The Morgan fingerprint density at radius 3 is 2.56 bits per heavy atom. The third kappa shape index (κ3) is 4.74. The Balaban J connectivity index is 2.62. The fourth-order valence-corrected chi connectivity index (χ4v) is 1.12. The molecule has 0 radical (unpaired) electrons. The number of rotatable bonds is 5. The molecular formula is C10H8BrF3N2O2. The average molecular weight is 325 g/mol. The van der Waals surface area contributed by atoms with Crippen LogP contribution in [0.2, 0.25) is 0 Å². The van der Waals surface area contributed by atoms with Gasteiger partial charge in [0, 0.05) is 5.57 Å². The van der Waals surface area contributed by atoms with Gasteiger partial charge >= 0.3 is 6.36 Å². The van der Waals surface area contributed by atoms with Crippen molar-refractivity contribution in [1.82, 2.24) is 10.1 Å². The first-order valence-corrected chi connectivity index (χ1v) is 5.64. The van der Waals surface area contributed by atoms with Crippen molar-refractivity contribution in [2.75, 3.05) is 0 Å². The first kappa shape index (κ1) is 14.5. The van der Waals surface area contributed by atoms with E-state index < -0.39 is 12.1 Å². The smallest absolute Gasteiger partial charge is 0.406 e. The molecule has 0 aliphatic carbocycles. The molecule has 1 heterocycles. The number of alkyl halides is 4. The van der Waals surface area contributed by atoms with Crippen molar-refractivity contribution >= 4 is 21.5 Å². The van der Waals surface area contributed by atoms with E-state index in [-0.39, 0.29) is 11.4 Å². The third-order valence-corrected chi connectivity index (χ3v) is 2.07. The molecule has 1 rings (SSSR count). The van der Waals surface area contributed by atoms with E-state index >= 15 is 0 Å². The van der Waals surface area contributed by atoms with Crippen LogP contribution in [0.15, 0.2) is 35.6 Å². The van der Waals surface area contributed by atoms with Gasteiger partial charge in [0.1, 0.15) is 5.76 Å². The first-order chi connectivity index (χ1) is 8.31. The van der Waals surface area contributed by atoms with Gasteiger partial charge in [-0.25, -0.2) is 0 Å². The number of halogens is 4. The Morgan fingerprint density at radius 2 is 2.06 bits per heavy atom. The number of aromatic nitrogens is 2. The molecule has 0 spiro atoms. The molecule has 0 fully saturated rings. The van der Waals surface area contributed by atoms with Crippen molar-refractivity contribution in [2.45, 2.75) is 11.7 Å². The number of ether oxygens (including phenoxy) is 1. The summed E-state index contributed by atoms with van der Waals surface area (Å²) >= 11 is 3.11. The molecule has 0 N–H and O–H groups in total. The van der Waals surface area contributed by atoms with Crippen molar-refractivity contribution in [3.05, 3.63) is 42.8 Å². The minimum absolute atomic E-state index is 0.181. The Bertz CT molecular complexity index is 480. The molecule has 0 bridgehead atoms. The lowest BCUT2D eigenvalue weighted by molar-refractivity contribution is -0.303. The first-order valence-electron chi connectivity index (χ1n) is 4.52. The summed E-state index contributed by atoms with van der Waals surface area (Å²) in [6, 6.07) is 0. The van der Waals surface area contributed by atoms with Crippen LogP contribution in [-0.2, 0) is 10.1 Å². The van der Waals surface area contributed by atoms with Gasteiger partial charge in [0.25, 0.3) is 0 Å². The molecule has 0 saturated heterocycles. The topological polar surface area (TPSA) is 48.2 Å². The van der Waals surface area contributed by atoms with Crippen molar-refractivity contribution < 1.29 is 22.4 Å². The molecule has 0 aliphatic heterocycles. The Hall–Kier alpha value is -1.57. The summed E-state index contributed by atoms with van der Waals surface area (Å²) in [5.41, 5.74) is 0.276. The average Bonchev–Trinajstić information content (AvgIpc) is 2.72. The third-order valence-electron chi connectivity index (χ3n) is 1.59. The minimum Gasteiger partial charge on any atom is -0.406 e. The predicted octanol–water partition coefficient (Wildman–Crippen LogP) is 3.58. The van der Waals surface area contributed by atoms with E-state index in [1.807, 2.05) is 0 Å². The summed E-state index contributed by atoms with van der Waals surface area (Å²) in [5, 5.41) is 3.96.